The van der Waals surface area contributed by atoms with E-state index in [4.69, 9.17) is 9.47 Å². The molecule has 5 atom stereocenters. The first-order chi connectivity index (χ1) is 6.94. The van der Waals surface area contributed by atoms with Crippen LogP contribution in [0.1, 0.15) is 34.6 Å². The van der Waals surface area contributed by atoms with Crippen molar-refractivity contribution in [2.45, 2.75) is 63.3 Å². The van der Waals surface area contributed by atoms with Crippen molar-refractivity contribution in [2.24, 2.45) is 0 Å². The van der Waals surface area contributed by atoms with Gasteiger partial charge in [-0.3, -0.25) is 0 Å². The number of rotatable bonds is 1. The molecule has 96 valence electrons. The fourth-order valence-corrected chi connectivity index (χ4v) is 2.14. The summed E-state index contributed by atoms with van der Waals surface area (Å²) in [5.41, 5.74) is -5.08. The van der Waals surface area contributed by atoms with Gasteiger partial charge in [-0.05, 0) is 34.6 Å². The molecule has 0 bridgehead atoms. The molecule has 0 aliphatic carbocycles. The lowest BCUT2D eigenvalue weighted by Gasteiger charge is -2.60. The zero-order valence-corrected chi connectivity index (χ0v) is 10.7. The first-order valence-electron chi connectivity index (χ1n) is 5.34. The molecule has 0 amide bonds. The van der Waals surface area contributed by atoms with Gasteiger partial charge in [-0.15, -0.1) is 0 Å². The molecule has 16 heavy (non-hydrogen) atoms. The summed E-state index contributed by atoms with van der Waals surface area (Å²) in [6.07, 6.45) is -0.673. The molecule has 1 aliphatic heterocycles. The minimum atomic E-state index is -1.76. The Hall–Kier alpha value is -0.200. The summed E-state index contributed by atoms with van der Waals surface area (Å²) in [4.78, 5) is 0. The van der Waals surface area contributed by atoms with Crippen molar-refractivity contribution in [3.05, 3.63) is 0 Å². The molecule has 0 aromatic heterocycles. The van der Waals surface area contributed by atoms with Crippen molar-refractivity contribution in [3.63, 3.8) is 0 Å². The zero-order valence-electron chi connectivity index (χ0n) is 10.7. The summed E-state index contributed by atoms with van der Waals surface area (Å²) < 4.78 is 10.7. The van der Waals surface area contributed by atoms with Gasteiger partial charge in [-0.1, -0.05) is 0 Å². The number of hydrogen-bond donors (Lipinski definition) is 3. The van der Waals surface area contributed by atoms with E-state index in [0.717, 1.165) is 0 Å². The number of aliphatic hydroxyl groups is 3. The highest BCUT2D eigenvalue weighted by molar-refractivity contribution is 5.16. The maximum Gasteiger partial charge on any atom is 0.197 e. The molecule has 3 N–H and O–H groups in total. The lowest BCUT2D eigenvalue weighted by molar-refractivity contribution is -0.424. The monoisotopic (exact) mass is 234 g/mol. The normalized spacial score (nSPS) is 58.7. The van der Waals surface area contributed by atoms with E-state index in [0.29, 0.717) is 0 Å². The second kappa shape index (κ2) is 3.40. The predicted molar refractivity (Wildman–Crippen MR) is 57.8 cm³/mol. The van der Waals surface area contributed by atoms with Gasteiger partial charge >= 0.3 is 0 Å². The SMILES string of the molecule is CO[C@@]1(C)O[C@H](C)[C@](C)(O)[C@@](C)(O)[C@]1(C)O. The molecule has 0 aromatic carbocycles. The molecule has 5 heteroatoms. The van der Waals surface area contributed by atoms with Crippen LogP contribution >= 0.6 is 0 Å². The average molecular weight is 234 g/mol. The lowest BCUT2D eigenvalue weighted by atomic mass is 9.65. The molecule has 1 aliphatic rings. The van der Waals surface area contributed by atoms with Crippen molar-refractivity contribution >= 4 is 0 Å². The van der Waals surface area contributed by atoms with E-state index >= 15 is 0 Å². The van der Waals surface area contributed by atoms with Crippen LogP contribution in [0.15, 0.2) is 0 Å². The van der Waals surface area contributed by atoms with Crippen molar-refractivity contribution in [1.82, 2.24) is 0 Å². The largest absolute Gasteiger partial charge is 0.384 e. The molecular weight excluding hydrogens is 212 g/mol. The highest BCUT2D eigenvalue weighted by Gasteiger charge is 2.69. The Kier molecular flexibility index (Phi) is 2.94. The highest BCUT2D eigenvalue weighted by atomic mass is 16.7. The predicted octanol–water partition coefficient (Wildman–Crippen LogP) is 0.0207. The molecule has 0 aromatic rings. The minimum Gasteiger partial charge on any atom is -0.384 e. The van der Waals surface area contributed by atoms with Crippen molar-refractivity contribution in [1.29, 1.82) is 0 Å². The van der Waals surface area contributed by atoms with Gasteiger partial charge in [0.15, 0.2) is 5.79 Å². The lowest BCUT2D eigenvalue weighted by Crippen LogP contribution is -2.80. The third-order valence-electron chi connectivity index (χ3n) is 4.40. The van der Waals surface area contributed by atoms with Gasteiger partial charge in [-0.2, -0.15) is 0 Å². The van der Waals surface area contributed by atoms with E-state index in [-0.39, 0.29) is 0 Å². The Balaban J connectivity index is 3.32. The Morgan fingerprint density at radius 3 is 1.81 bits per heavy atom. The smallest absolute Gasteiger partial charge is 0.197 e. The first-order valence-corrected chi connectivity index (χ1v) is 5.34. The van der Waals surface area contributed by atoms with E-state index in [9.17, 15) is 15.3 Å². The highest BCUT2D eigenvalue weighted by Crippen LogP contribution is 2.49. The van der Waals surface area contributed by atoms with E-state index in [1.54, 1.807) is 6.92 Å². The maximum atomic E-state index is 10.4. The molecule has 0 radical (unpaired) electrons. The van der Waals surface area contributed by atoms with Gasteiger partial charge < -0.3 is 24.8 Å². The number of methoxy groups -OCH3 is 1. The van der Waals surface area contributed by atoms with Crippen molar-refractivity contribution in [2.75, 3.05) is 7.11 Å². The molecule has 1 rings (SSSR count). The van der Waals surface area contributed by atoms with Gasteiger partial charge in [0.1, 0.15) is 16.8 Å². The van der Waals surface area contributed by atoms with Crippen LogP contribution < -0.4 is 0 Å². The van der Waals surface area contributed by atoms with E-state index in [1.807, 2.05) is 0 Å². The summed E-state index contributed by atoms with van der Waals surface area (Å²) >= 11 is 0. The van der Waals surface area contributed by atoms with Gasteiger partial charge in [-0.25, -0.2) is 0 Å². The van der Waals surface area contributed by atoms with Crippen molar-refractivity contribution in [3.8, 4) is 0 Å². The molecular formula is C11H22O5. The Morgan fingerprint density at radius 1 is 1.00 bits per heavy atom. The fraction of sp³-hybridized carbons (Fsp3) is 1.00. The van der Waals surface area contributed by atoms with E-state index in [2.05, 4.69) is 0 Å². The standard InChI is InChI=1S/C11H22O5/c1-7-8(2,12)9(3,13)10(4,14)11(5,15-6)16-7/h7,12-14H,1-6H3/t7-,8+,9-,10+,11+/m1/s1. The van der Waals surface area contributed by atoms with Gasteiger partial charge in [0.05, 0.1) is 6.10 Å². The maximum absolute atomic E-state index is 10.4. The topological polar surface area (TPSA) is 79.2 Å². The number of hydrogen-bond acceptors (Lipinski definition) is 5. The van der Waals surface area contributed by atoms with Crippen LogP contribution in [0, 0.1) is 0 Å². The summed E-state index contributed by atoms with van der Waals surface area (Å²) in [6, 6.07) is 0. The fourth-order valence-electron chi connectivity index (χ4n) is 2.14. The molecule has 1 fully saturated rings. The van der Waals surface area contributed by atoms with Crippen LogP contribution in [0.3, 0.4) is 0 Å². The summed E-state index contributed by atoms with van der Waals surface area (Å²) in [6.45, 7) is 7.36. The Morgan fingerprint density at radius 2 is 1.44 bits per heavy atom. The van der Waals surface area contributed by atoms with Crippen LogP contribution in [-0.4, -0.2) is 51.1 Å². The third-order valence-corrected chi connectivity index (χ3v) is 4.40. The van der Waals surface area contributed by atoms with Crippen LogP contribution in [-0.2, 0) is 9.47 Å². The molecule has 5 nitrogen and oxygen atoms in total. The second-order valence-corrected chi connectivity index (χ2v) is 5.20. The van der Waals surface area contributed by atoms with Gasteiger partial charge in [0.25, 0.3) is 0 Å². The molecule has 0 spiro atoms. The third kappa shape index (κ3) is 1.36. The van der Waals surface area contributed by atoms with E-state index in [1.165, 1.54) is 34.8 Å². The average Bonchev–Trinajstić information content (AvgIpc) is 2.14. The summed E-state index contributed by atoms with van der Waals surface area (Å²) in [5, 5.41) is 31.1. The molecule has 0 unspecified atom stereocenters. The van der Waals surface area contributed by atoms with Crippen LogP contribution in [0.2, 0.25) is 0 Å². The first kappa shape index (κ1) is 13.9. The summed E-state index contributed by atoms with van der Waals surface area (Å²) in [7, 11) is 1.39. The van der Waals surface area contributed by atoms with Gasteiger partial charge in [0, 0.05) is 7.11 Å². The van der Waals surface area contributed by atoms with Crippen molar-refractivity contribution < 1.29 is 24.8 Å². The Labute approximate surface area is 96.0 Å². The molecule has 1 heterocycles. The Bertz CT molecular complexity index is 278. The van der Waals surface area contributed by atoms with Crippen LogP contribution in [0.5, 0.6) is 0 Å². The zero-order chi connectivity index (χ0) is 13.0. The second-order valence-electron chi connectivity index (χ2n) is 5.20. The van der Waals surface area contributed by atoms with Crippen LogP contribution in [0.4, 0.5) is 0 Å². The number of ether oxygens (including phenoxy) is 2. The van der Waals surface area contributed by atoms with Gasteiger partial charge in [0.2, 0.25) is 0 Å². The van der Waals surface area contributed by atoms with E-state index < -0.39 is 28.7 Å². The minimum absolute atomic E-state index is 0.673. The van der Waals surface area contributed by atoms with Crippen LogP contribution in [0.25, 0.3) is 0 Å². The molecule has 1 saturated heterocycles. The molecule has 0 saturated carbocycles. The quantitative estimate of drug-likeness (QED) is 0.596. The summed E-state index contributed by atoms with van der Waals surface area (Å²) in [5.74, 6) is -1.38.